The molecule has 0 aliphatic rings. The van der Waals surface area contributed by atoms with E-state index >= 15 is 0 Å². The van der Waals surface area contributed by atoms with Crippen LogP contribution in [0, 0.1) is 22.6 Å². The number of halogens is 1. The lowest BCUT2D eigenvalue weighted by Gasteiger charge is -2.24. The summed E-state index contributed by atoms with van der Waals surface area (Å²) in [5, 5.41) is 11.9. The summed E-state index contributed by atoms with van der Waals surface area (Å²) in [6.07, 6.45) is 0.951. The zero-order valence-electron chi connectivity index (χ0n) is 11.8. The van der Waals surface area contributed by atoms with Crippen LogP contribution in [0.5, 0.6) is 0 Å². The van der Waals surface area contributed by atoms with E-state index in [1.807, 2.05) is 6.07 Å². The highest BCUT2D eigenvalue weighted by atomic mass is 19.1. The molecule has 0 saturated carbocycles. The number of methoxy groups -OCH3 is 1. The summed E-state index contributed by atoms with van der Waals surface area (Å²) in [5.74, 6) is -0.332. The highest BCUT2D eigenvalue weighted by Crippen LogP contribution is 2.19. The van der Waals surface area contributed by atoms with Crippen molar-refractivity contribution in [2.45, 2.75) is 26.8 Å². The number of nitrogens with zero attached hydrogens (tertiary/aromatic N) is 1. The van der Waals surface area contributed by atoms with Crippen molar-refractivity contribution >= 4 is 0 Å². The summed E-state index contributed by atoms with van der Waals surface area (Å²) in [7, 11) is 1.69. The molecule has 0 aliphatic carbocycles. The van der Waals surface area contributed by atoms with Gasteiger partial charge in [0.05, 0.1) is 11.6 Å². The van der Waals surface area contributed by atoms with Crippen molar-refractivity contribution < 1.29 is 9.13 Å². The molecule has 1 aromatic rings. The van der Waals surface area contributed by atoms with E-state index in [2.05, 4.69) is 19.2 Å². The monoisotopic (exact) mass is 264 g/mol. The predicted octanol–water partition coefficient (Wildman–Crippen LogP) is 2.85. The van der Waals surface area contributed by atoms with Crippen molar-refractivity contribution in [3.8, 4) is 6.07 Å². The van der Waals surface area contributed by atoms with Crippen molar-refractivity contribution in [1.82, 2.24) is 5.32 Å². The normalized spacial score (nSPS) is 11.3. The molecule has 3 nitrogen and oxygen atoms in total. The fourth-order valence-electron chi connectivity index (χ4n) is 1.76. The van der Waals surface area contributed by atoms with E-state index in [4.69, 9.17) is 10.00 Å². The molecule has 4 heteroatoms. The van der Waals surface area contributed by atoms with Gasteiger partial charge in [-0.15, -0.1) is 0 Å². The fourth-order valence-corrected chi connectivity index (χ4v) is 1.76. The molecule has 0 saturated heterocycles. The molecule has 1 aromatic carbocycles. The smallest absolute Gasteiger partial charge is 0.129 e. The van der Waals surface area contributed by atoms with Crippen LogP contribution < -0.4 is 5.32 Å². The number of benzene rings is 1. The second kappa shape index (κ2) is 7.22. The van der Waals surface area contributed by atoms with Gasteiger partial charge in [-0.25, -0.2) is 4.39 Å². The fraction of sp³-hybridized carbons (Fsp3) is 0.533. The van der Waals surface area contributed by atoms with E-state index in [0.717, 1.165) is 19.6 Å². The summed E-state index contributed by atoms with van der Waals surface area (Å²) >= 11 is 0. The number of nitriles is 1. The standard InChI is InChI=1S/C15H21FN2O/c1-15(2,6-7-19-3)11-18-10-13-5-4-12(9-17)8-14(13)16/h4-5,8,18H,6-7,10-11H2,1-3H3. The Morgan fingerprint density at radius 2 is 2.16 bits per heavy atom. The first-order valence-electron chi connectivity index (χ1n) is 6.37. The van der Waals surface area contributed by atoms with Gasteiger partial charge >= 0.3 is 0 Å². The van der Waals surface area contributed by atoms with Crippen LogP contribution in [-0.4, -0.2) is 20.3 Å². The van der Waals surface area contributed by atoms with Crippen LogP contribution in [0.3, 0.4) is 0 Å². The van der Waals surface area contributed by atoms with Gasteiger partial charge in [0.15, 0.2) is 0 Å². The minimum atomic E-state index is -0.332. The van der Waals surface area contributed by atoms with Crippen molar-refractivity contribution in [1.29, 1.82) is 5.26 Å². The Bertz CT molecular complexity index is 452. The number of hydrogen-bond acceptors (Lipinski definition) is 3. The topological polar surface area (TPSA) is 45.0 Å². The predicted molar refractivity (Wildman–Crippen MR) is 73.1 cm³/mol. The van der Waals surface area contributed by atoms with Gasteiger partial charge < -0.3 is 10.1 Å². The van der Waals surface area contributed by atoms with Gasteiger partial charge in [-0.05, 0) is 24.0 Å². The van der Waals surface area contributed by atoms with E-state index in [0.29, 0.717) is 17.7 Å². The van der Waals surface area contributed by atoms with Crippen LogP contribution in [0.2, 0.25) is 0 Å². The maximum Gasteiger partial charge on any atom is 0.129 e. The molecule has 0 spiro atoms. The quantitative estimate of drug-likeness (QED) is 0.823. The summed E-state index contributed by atoms with van der Waals surface area (Å²) in [4.78, 5) is 0. The van der Waals surface area contributed by atoms with Crippen LogP contribution in [0.15, 0.2) is 18.2 Å². The molecule has 1 N–H and O–H groups in total. The van der Waals surface area contributed by atoms with E-state index in [-0.39, 0.29) is 11.2 Å². The molecule has 0 radical (unpaired) electrons. The number of nitrogens with one attached hydrogen (secondary N) is 1. The maximum atomic E-state index is 13.6. The third kappa shape index (κ3) is 5.37. The van der Waals surface area contributed by atoms with E-state index < -0.39 is 0 Å². The van der Waals surface area contributed by atoms with Gasteiger partial charge in [0.1, 0.15) is 5.82 Å². The number of ether oxygens (including phenoxy) is 1. The first kappa shape index (κ1) is 15.6. The van der Waals surface area contributed by atoms with Gasteiger partial charge in [-0.2, -0.15) is 5.26 Å². The van der Waals surface area contributed by atoms with Crippen molar-refractivity contribution in [2.75, 3.05) is 20.3 Å². The molecule has 0 fully saturated rings. The molecule has 19 heavy (non-hydrogen) atoms. The van der Waals surface area contributed by atoms with Crippen LogP contribution in [0.1, 0.15) is 31.4 Å². The van der Waals surface area contributed by atoms with Crippen LogP contribution in [0.25, 0.3) is 0 Å². The lowest BCUT2D eigenvalue weighted by molar-refractivity contribution is 0.150. The highest BCUT2D eigenvalue weighted by molar-refractivity contribution is 5.32. The molecule has 0 amide bonds. The largest absolute Gasteiger partial charge is 0.385 e. The molecule has 104 valence electrons. The van der Waals surface area contributed by atoms with Gasteiger partial charge in [0.2, 0.25) is 0 Å². The minimum absolute atomic E-state index is 0.110. The summed E-state index contributed by atoms with van der Waals surface area (Å²) in [6.45, 7) is 6.27. The van der Waals surface area contributed by atoms with Gasteiger partial charge in [-0.1, -0.05) is 19.9 Å². The van der Waals surface area contributed by atoms with E-state index in [1.54, 1.807) is 19.2 Å². The Morgan fingerprint density at radius 3 is 2.74 bits per heavy atom. The average molecular weight is 264 g/mol. The summed E-state index contributed by atoms with van der Waals surface area (Å²) in [6, 6.07) is 6.49. The van der Waals surface area contributed by atoms with Gasteiger partial charge in [0.25, 0.3) is 0 Å². The molecule has 0 bridgehead atoms. The third-order valence-electron chi connectivity index (χ3n) is 3.08. The Balaban J connectivity index is 2.47. The lowest BCUT2D eigenvalue weighted by Crippen LogP contribution is -2.30. The van der Waals surface area contributed by atoms with E-state index in [1.165, 1.54) is 6.07 Å². The van der Waals surface area contributed by atoms with E-state index in [9.17, 15) is 4.39 Å². The molecule has 0 aliphatic heterocycles. The lowest BCUT2D eigenvalue weighted by atomic mass is 9.89. The third-order valence-corrected chi connectivity index (χ3v) is 3.08. The maximum absolute atomic E-state index is 13.6. The molecule has 0 heterocycles. The first-order valence-corrected chi connectivity index (χ1v) is 6.37. The molecular formula is C15H21FN2O. The number of rotatable bonds is 7. The summed E-state index contributed by atoms with van der Waals surface area (Å²) < 4.78 is 18.7. The van der Waals surface area contributed by atoms with Gasteiger partial charge in [0, 0.05) is 32.4 Å². The molecule has 0 aromatic heterocycles. The first-order chi connectivity index (χ1) is 8.98. The molecule has 0 atom stereocenters. The van der Waals surface area contributed by atoms with Crippen molar-refractivity contribution in [3.63, 3.8) is 0 Å². The van der Waals surface area contributed by atoms with Crippen LogP contribution >= 0.6 is 0 Å². The second-order valence-electron chi connectivity index (χ2n) is 5.43. The van der Waals surface area contributed by atoms with Crippen molar-refractivity contribution in [2.24, 2.45) is 5.41 Å². The zero-order chi connectivity index (χ0) is 14.3. The zero-order valence-corrected chi connectivity index (χ0v) is 11.8. The summed E-state index contributed by atoms with van der Waals surface area (Å²) in [5.41, 5.74) is 1.04. The van der Waals surface area contributed by atoms with Crippen LogP contribution in [-0.2, 0) is 11.3 Å². The number of hydrogen-bond donors (Lipinski definition) is 1. The minimum Gasteiger partial charge on any atom is -0.385 e. The molecule has 1 rings (SSSR count). The Labute approximate surface area is 114 Å². The Hall–Kier alpha value is -1.44. The highest BCUT2D eigenvalue weighted by Gasteiger charge is 2.17. The SMILES string of the molecule is COCCC(C)(C)CNCc1ccc(C#N)cc1F. The van der Waals surface area contributed by atoms with Crippen molar-refractivity contribution in [3.05, 3.63) is 35.1 Å². The Morgan fingerprint density at radius 1 is 1.42 bits per heavy atom. The van der Waals surface area contributed by atoms with Crippen LogP contribution in [0.4, 0.5) is 4.39 Å². The average Bonchev–Trinajstić information content (AvgIpc) is 2.38. The second-order valence-corrected chi connectivity index (χ2v) is 5.43. The Kier molecular flexibility index (Phi) is 5.94. The molecule has 0 unspecified atom stereocenters. The molecular weight excluding hydrogens is 243 g/mol. The van der Waals surface area contributed by atoms with Gasteiger partial charge in [-0.3, -0.25) is 0 Å².